The molecule has 22 nitrogen and oxygen atoms in total. The van der Waals surface area contributed by atoms with Crippen LogP contribution in [-0.2, 0) is 69.2 Å². The van der Waals surface area contributed by atoms with Gasteiger partial charge < -0.3 is 15.2 Å². The van der Waals surface area contributed by atoms with Crippen molar-refractivity contribution in [2.75, 3.05) is 37.7 Å². The molecule has 1 aliphatic heterocycles. The van der Waals surface area contributed by atoms with Crippen LogP contribution in [0.1, 0.15) is 120 Å². The summed E-state index contributed by atoms with van der Waals surface area (Å²) in [5, 5.41) is 17.9. The van der Waals surface area contributed by atoms with Gasteiger partial charge in [0.2, 0.25) is 11.6 Å². The molecule has 0 fully saturated rings. The summed E-state index contributed by atoms with van der Waals surface area (Å²) in [5.74, 6) is -1.67. The number of azide groups is 1. The summed E-state index contributed by atoms with van der Waals surface area (Å²) in [6, 6.07) is 8.38. The van der Waals surface area contributed by atoms with E-state index in [-0.39, 0.29) is 47.8 Å². The molecular weight excluding hydrogens is 1000 g/mol. The number of allylic oxidation sites excluding steroid dienone is 4. The van der Waals surface area contributed by atoms with E-state index < -0.39 is 68.7 Å². The van der Waals surface area contributed by atoms with Gasteiger partial charge >= 0.3 is 0 Å². The molecule has 71 heavy (non-hydrogen) atoms. The number of hydrogen-bond donors (Lipinski definition) is 5. The van der Waals surface area contributed by atoms with Gasteiger partial charge in [0.05, 0.1) is 32.4 Å². The summed E-state index contributed by atoms with van der Waals surface area (Å²) < 4.78 is 141. The molecule has 2 heterocycles. The standard InChI is InChI=1S/C45H63N9O13S4/c1-44(2)40-30-35(71(65,66)67)18-20-41(40)54(26-7-4-5-16-43(55)48-23-12-25-53-32-33(50-52-53)31-47-22-11-24-49-51-46)42(44)15-9-14-38-36(13-10-28-69(59,60)61)37-19-17-34(70(62,63)64)29-39(37)45(38,3)21-6-8-27-68(56,57)58/h9,14-15,17-20,29-30,32,36,47H,4-8,10-13,16,21-28,31H2,1-3H3,(H4-,48,55,56,57,58,59,60,61,62,63,64,65,66,67)/b15-9+,38-14?. The average Bonchev–Trinajstić information content (AvgIpc) is 3.89. The smallest absolute Gasteiger partial charge is 0.294 e. The molecule has 5 N–H and O–H groups in total. The molecule has 390 valence electrons. The topological polar surface area (TPSA) is 344 Å². The van der Waals surface area contributed by atoms with E-state index in [1.807, 2.05) is 43.7 Å². The van der Waals surface area contributed by atoms with E-state index in [9.17, 15) is 56.7 Å². The first kappa shape index (κ1) is 57.0. The summed E-state index contributed by atoms with van der Waals surface area (Å²) >= 11 is 0. The van der Waals surface area contributed by atoms with Crippen LogP contribution >= 0.6 is 0 Å². The molecule has 0 radical (unpaired) electrons. The number of carbonyl (C=O) groups excluding carboxylic acids is 1. The molecule has 1 amide bonds. The molecule has 2 aromatic carbocycles. The first-order chi connectivity index (χ1) is 33.2. The zero-order valence-electron chi connectivity index (χ0n) is 40.0. The van der Waals surface area contributed by atoms with Gasteiger partial charge in [-0.2, -0.15) is 29.8 Å². The van der Waals surface area contributed by atoms with Crippen LogP contribution in [-0.4, -0.2) is 121 Å². The predicted molar refractivity (Wildman–Crippen MR) is 263 cm³/mol. The summed E-state index contributed by atoms with van der Waals surface area (Å²) in [6.45, 7) is 8.70. The Kier molecular flexibility index (Phi) is 19.5. The minimum atomic E-state index is -4.81. The molecule has 3 aromatic rings. The Labute approximate surface area is 415 Å². The van der Waals surface area contributed by atoms with E-state index in [4.69, 9.17) is 5.53 Å². The monoisotopic (exact) mass is 1070 g/mol. The van der Waals surface area contributed by atoms with E-state index >= 15 is 0 Å². The summed E-state index contributed by atoms with van der Waals surface area (Å²) in [4.78, 5) is 14.7. The molecule has 2 aliphatic rings. The van der Waals surface area contributed by atoms with Crippen LogP contribution in [0.2, 0.25) is 0 Å². The van der Waals surface area contributed by atoms with Crippen molar-refractivity contribution in [2.24, 2.45) is 5.11 Å². The number of hydrogen-bond acceptors (Lipinski definition) is 14. The third-order valence-electron chi connectivity index (χ3n) is 12.9. The van der Waals surface area contributed by atoms with Crippen molar-refractivity contribution in [3.63, 3.8) is 0 Å². The van der Waals surface area contributed by atoms with Crippen LogP contribution in [0, 0.1) is 0 Å². The molecule has 5 rings (SSSR count). The van der Waals surface area contributed by atoms with Gasteiger partial charge in [0.15, 0.2) is 5.71 Å². The highest BCUT2D eigenvalue weighted by Crippen LogP contribution is 2.55. The first-order valence-corrected chi connectivity index (χ1v) is 29.3. The lowest BCUT2D eigenvalue weighted by Crippen LogP contribution is -2.28. The largest absolute Gasteiger partial charge is 0.744 e. The Morgan fingerprint density at radius 1 is 0.887 bits per heavy atom. The van der Waals surface area contributed by atoms with Crippen LogP contribution in [0.25, 0.3) is 10.4 Å². The number of rotatable bonds is 29. The van der Waals surface area contributed by atoms with E-state index in [1.54, 1.807) is 22.9 Å². The van der Waals surface area contributed by atoms with Crippen LogP contribution in [0.5, 0.6) is 0 Å². The van der Waals surface area contributed by atoms with Crippen molar-refractivity contribution in [1.29, 1.82) is 0 Å². The van der Waals surface area contributed by atoms with Crippen molar-refractivity contribution >= 4 is 57.8 Å². The Morgan fingerprint density at radius 2 is 1.59 bits per heavy atom. The third-order valence-corrected chi connectivity index (χ3v) is 16.2. The van der Waals surface area contributed by atoms with Crippen LogP contribution in [0.3, 0.4) is 0 Å². The van der Waals surface area contributed by atoms with Gasteiger partial charge in [-0.15, -0.1) is 5.10 Å². The highest BCUT2D eigenvalue weighted by atomic mass is 32.2. The minimum Gasteiger partial charge on any atom is -0.744 e. The third kappa shape index (κ3) is 16.1. The number of nitrogens with zero attached hydrogens (tertiary/aromatic N) is 7. The zero-order valence-corrected chi connectivity index (χ0v) is 43.2. The zero-order chi connectivity index (χ0) is 52.3. The maximum Gasteiger partial charge on any atom is 0.294 e. The number of carbonyl (C=O) groups is 1. The molecular formula is C45H63N9O13S4. The fraction of sp³-hybridized carbons (Fsp3) is 0.556. The minimum absolute atomic E-state index is 0.0250. The van der Waals surface area contributed by atoms with Gasteiger partial charge in [-0.05, 0) is 113 Å². The van der Waals surface area contributed by atoms with Gasteiger partial charge in [-0.1, -0.05) is 47.5 Å². The number of benzene rings is 2. The van der Waals surface area contributed by atoms with Crippen molar-refractivity contribution in [3.8, 4) is 0 Å². The fourth-order valence-electron chi connectivity index (χ4n) is 9.46. The maximum absolute atomic E-state index is 12.8. The lowest BCUT2D eigenvalue weighted by Gasteiger charge is -2.30. The van der Waals surface area contributed by atoms with Gasteiger partial charge in [-0.25, -0.2) is 8.42 Å². The van der Waals surface area contributed by atoms with Crippen molar-refractivity contribution in [1.82, 2.24) is 25.6 Å². The van der Waals surface area contributed by atoms with Gasteiger partial charge in [0.25, 0.3) is 30.4 Å². The fourth-order valence-corrected chi connectivity index (χ4v) is 11.6. The first-order valence-electron chi connectivity index (χ1n) is 23.3. The second-order valence-electron chi connectivity index (χ2n) is 18.5. The SMILES string of the molecule is CC1(C)C(/C=C/C=C2C(CCCS(=O)(=O)O)c3ccc(S(=O)(=O)O)cc3C2(C)CCCCS(=O)(=O)O)=[N+](CCCCCC(=O)NCCCn2cc(CNCCCN=[N+]=[N-])nn2)c2ccc(S(=O)(=O)[O-])cc21. The molecule has 0 saturated carbocycles. The molecule has 2 unspecified atom stereocenters. The molecule has 1 aliphatic carbocycles. The molecule has 0 spiro atoms. The van der Waals surface area contributed by atoms with E-state index in [0.29, 0.717) is 106 Å². The number of nitrogens with one attached hydrogen (secondary N) is 2. The Morgan fingerprint density at radius 3 is 2.28 bits per heavy atom. The molecule has 26 heteroatoms. The summed E-state index contributed by atoms with van der Waals surface area (Å²) in [5.41, 5.74) is 11.2. The van der Waals surface area contributed by atoms with Crippen molar-refractivity contribution in [2.45, 2.75) is 131 Å². The molecule has 1 aromatic heterocycles. The van der Waals surface area contributed by atoms with E-state index in [0.717, 1.165) is 11.4 Å². The lowest BCUT2D eigenvalue weighted by atomic mass is 9.74. The summed E-state index contributed by atoms with van der Waals surface area (Å²) in [7, 11) is -18.1. The highest BCUT2D eigenvalue weighted by Gasteiger charge is 2.46. The lowest BCUT2D eigenvalue weighted by molar-refractivity contribution is -0.438. The van der Waals surface area contributed by atoms with Crippen molar-refractivity contribution < 1.29 is 61.3 Å². The van der Waals surface area contributed by atoms with Crippen molar-refractivity contribution in [3.05, 3.63) is 99.2 Å². The number of amides is 1. The average molecular weight is 1070 g/mol. The Hall–Kier alpha value is -4.89. The quantitative estimate of drug-likeness (QED) is 0.0140. The molecule has 0 bridgehead atoms. The van der Waals surface area contributed by atoms with Crippen LogP contribution in [0.4, 0.5) is 5.69 Å². The number of aromatic nitrogens is 3. The van der Waals surface area contributed by atoms with Crippen LogP contribution in [0.15, 0.2) is 81.3 Å². The molecule has 2 atom stereocenters. The Balaban J connectivity index is 1.34. The maximum atomic E-state index is 12.8. The van der Waals surface area contributed by atoms with E-state index in [2.05, 4.69) is 31.0 Å². The highest BCUT2D eigenvalue weighted by molar-refractivity contribution is 7.86. The normalized spacial score (nSPS) is 18.5. The second kappa shape index (κ2) is 24.2. The number of aryl methyl sites for hydroxylation is 1. The van der Waals surface area contributed by atoms with E-state index in [1.165, 1.54) is 24.3 Å². The number of unbranched alkanes of at least 4 members (excludes halogenated alkanes) is 3. The van der Waals surface area contributed by atoms with Crippen LogP contribution < -0.4 is 10.6 Å². The number of fused-ring (bicyclic) bond motifs is 2. The second-order valence-corrected chi connectivity index (χ2v) is 24.5. The summed E-state index contributed by atoms with van der Waals surface area (Å²) in [6.07, 6.45) is 11.6. The van der Waals surface area contributed by atoms with Gasteiger partial charge in [-0.3, -0.25) is 23.1 Å². The van der Waals surface area contributed by atoms with Gasteiger partial charge in [0.1, 0.15) is 16.7 Å². The van der Waals surface area contributed by atoms with Gasteiger partial charge in [0, 0.05) is 79.2 Å². The molecule has 0 saturated heterocycles. The predicted octanol–water partition coefficient (Wildman–Crippen LogP) is 5.63. The Bertz CT molecular complexity index is 3020.